The molecule has 0 spiro atoms. The zero-order valence-electron chi connectivity index (χ0n) is 16.5. The Morgan fingerprint density at radius 2 is 1.66 bits per heavy atom. The molecule has 0 aromatic heterocycles. The molecule has 2 aromatic rings. The normalized spacial score (nSPS) is 20.8. The smallest absolute Gasteiger partial charge is 0.251 e. The van der Waals surface area contributed by atoms with Crippen molar-refractivity contribution in [2.75, 3.05) is 26.2 Å². The van der Waals surface area contributed by atoms with Crippen molar-refractivity contribution < 1.29 is 13.2 Å². The second-order valence-electron chi connectivity index (χ2n) is 7.82. The fourth-order valence-corrected chi connectivity index (χ4v) is 5.58. The number of benzene rings is 2. The molecule has 0 bridgehead atoms. The highest BCUT2D eigenvalue weighted by atomic mass is 32.2. The van der Waals surface area contributed by atoms with Crippen molar-refractivity contribution >= 4 is 15.9 Å². The van der Waals surface area contributed by atoms with Gasteiger partial charge in [0.05, 0.1) is 4.90 Å². The van der Waals surface area contributed by atoms with Crippen LogP contribution >= 0.6 is 0 Å². The maximum absolute atomic E-state index is 12.6. The van der Waals surface area contributed by atoms with Crippen molar-refractivity contribution in [3.05, 3.63) is 65.7 Å². The summed E-state index contributed by atoms with van der Waals surface area (Å²) in [5.41, 5.74) is 1.76. The van der Waals surface area contributed by atoms with E-state index in [1.54, 1.807) is 24.3 Å². The molecule has 1 N–H and O–H groups in total. The average molecular weight is 414 g/mol. The topological polar surface area (TPSA) is 69.7 Å². The van der Waals surface area contributed by atoms with Gasteiger partial charge in [0.2, 0.25) is 10.0 Å². The number of nitrogens with zero attached hydrogens (tertiary/aromatic N) is 2. The molecule has 0 aliphatic carbocycles. The number of carbonyl (C=O) groups is 1. The number of hydrogen-bond donors (Lipinski definition) is 1. The first-order valence-electron chi connectivity index (χ1n) is 10.2. The van der Waals surface area contributed by atoms with Crippen molar-refractivity contribution in [2.45, 2.75) is 36.7 Å². The lowest BCUT2D eigenvalue weighted by Crippen LogP contribution is -2.37. The van der Waals surface area contributed by atoms with Gasteiger partial charge >= 0.3 is 0 Å². The summed E-state index contributed by atoms with van der Waals surface area (Å²) in [6, 6.07) is 16.7. The molecule has 1 amide bonds. The first-order valence-corrected chi connectivity index (χ1v) is 11.6. The van der Waals surface area contributed by atoms with Crippen LogP contribution in [0.4, 0.5) is 0 Å². The van der Waals surface area contributed by atoms with E-state index in [1.165, 1.54) is 9.87 Å². The molecule has 2 saturated heterocycles. The molecule has 154 valence electrons. The first kappa shape index (κ1) is 20.1. The Bertz CT molecular complexity index is 939. The van der Waals surface area contributed by atoms with Crippen LogP contribution in [0, 0.1) is 0 Å². The Balaban J connectivity index is 1.33. The van der Waals surface area contributed by atoms with Crippen LogP contribution < -0.4 is 5.32 Å². The summed E-state index contributed by atoms with van der Waals surface area (Å²) in [5, 5.41) is 3.08. The lowest BCUT2D eigenvalue weighted by atomic mass is 10.2. The minimum atomic E-state index is -3.45. The summed E-state index contributed by atoms with van der Waals surface area (Å²) in [4.78, 5) is 15.2. The van der Waals surface area contributed by atoms with E-state index in [4.69, 9.17) is 0 Å². The number of carbonyl (C=O) groups excluding carboxylic acids is 1. The van der Waals surface area contributed by atoms with E-state index in [9.17, 15) is 13.2 Å². The van der Waals surface area contributed by atoms with Crippen LogP contribution in [0.15, 0.2) is 59.5 Å². The molecule has 7 heteroatoms. The average Bonchev–Trinajstić information content (AvgIpc) is 3.42. The van der Waals surface area contributed by atoms with Crippen LogP contribution in [0.5, 0.6) is 0 Å². The minimum absolute atomic E-state index is 0.110. The molecule has 2 fully saturated rings. The van der Waals surface area contributed by atoms with Gasteiger partial charge in [-0.05, 0) is 49.1 Å². The highest BCUT2D eigenvalue weighted by Gasteiger charge is 2.28. The molecular formula is C22H27N3O3S. The number of hydrogen-bond acceptors (Lipinski definition) is 4. The van der Waals surface area contributed by atoms with Gasteiger partial charge in [0.1, 0.15) is 0 Å². The molecule has 1 atom stereocenters. The standard InChI is InChI=1S/C22H27N3O3S/c26-22(23-20-12-15-24(17-20)16-18-6-2-1-3-7-18)19-8-10-21(11-9-19)29(27,28)25-13-4-5-14-25/h1-3,6-11,20H,4-5,12-17H2,(H,23,26)/t20-/m1/s1. The fourth-order valence-electron chi connectivity index (χ4n) is 4.06. The van der Waals surface area contributed by atoms with Crippen LogP contribution in [0.3, 0.4) is 0 Å². The van der Waals surface area contributed by atoms with Crippen molar-refractivity contribution in [3.8, 4) is 0 Å². The fraction of sp³-hybridized carbons (Fsp3) is 0.409. The zero-order chi connectivity index (χ0) is 20.3. The maximum atomic E-state index is 12.6. The van der Waals surface area contributed by atoms with E-state index in [0.717, 1.165) is 38.9 Å². The third-order valence-corrected chi connectivity index (χ3v) is 7.59. The van der Waals surface area contributed by atoms with Gasteiger partial charge in [0.25, 0.3) is 5.91 Å². The summed E-state index contributed by atoms with van der Waals surface area (Å²) in [5.74, 6) is -0.151. The number of nitrogens with one attached hydrogen (secondary N) is 1. The van der Waals surface area contributed by atoms with Gasteiger partial charge in [-0.15, -0.1) is 0 Å². The molecule has 29 heavy (non-hydrogen) atoms. The lowest BCUT2D eigenvalue weighted by molar-refractivity contribution is 0.0937. The Morgan fingerprint density at radius 1 is 0.966 bits per heavy atom. The van der Waals surface area contributed by atoms with Gasteiger partial charge in [-0.25, -0.2) is 8.42 Å². The van der Waals surface area contributed by atoms with E-state index >= 15 is 0 Å². The van der Waals surface area contributed by atoms with Gasteiger partial charge in [-0.3, -0.25) is 9.69 Å². The predicted octanol–water partition coefficient (Wildman–Crippen LogP) is 2.48. The predicted molar refractivity (Wildman–Crippen MR) is 112 cm³/mol. The van der Waals surface area contributed by atoms with E-state index in [2.05, 4.69) is 22.3 Å². The summed E-state index contributed by atoms with van der Waals surface area (Å²) >= 11 is 0. The summed E-state index contributed by atoms with van der Waals surface area (Å²) < 4.78 is 26.7. The van der Waals surface area contributed by atoms with E-state index in [0.29, 0.717) is 18.7 Å². The molecule has 6 nitrogen and oxygen atoms in total. The molecule has 4 rings (SSSR count). The van der Waals surface area contributed by atoms with Crippen molar-refractivity contribution in [3.63, 3.8) is 0 Å². The monoisotopic (exact) mass is 413 g/mol. The molecule has 2 aliphatic rings. The first-order chi connectivity index (χ1) is 14.0. The Kier molecular flexibility index (Phi) is 5.99. The van der Waals surface area contributed by atoms with Gasteiger partial charge in [0, 0.05) is 44.3 Å². The molecule has 2 aromatic carbocycles. The van der Waals surface area contributed by atoms with E-state index in [1.807, 2.05) is 18.2 Å². The van der Waals surface area contributed by atoms with Crippen molar-refractivity contribution in [1.82, 2.24) is 14.5 Å². The molecular weight excluding hydrogens is 386 g/mol. The zero-order valence-corrected chi connectivity index (χ0v) is 17.3. The quantitative estimate of drug-likeness (QED) is 0.790. The molecule has 0 saturated carbocycles. The molecule has 2 aliphatic heterocycles. The maximum Gasteiger partial charge on any atom is 0.251 e. The van der Waals surface area contributed by atoms with Crippen LogP contribution in [-0.4, -0.2) is 55.8 Å². The molecule has 0 radical (unpaired) electrons. The van der Waals surface area contributed by atoms with Crippen molar-refractivity contribution in [2.24, 2.45) is 0 Å². The van der Waals surface area contributed by atoms with Gasteiger partial charge < -0.3 is 5.32 Å². The summed E-state index contributed by atoms with van der Waals surface area (Å²) in [6.07, 6.45) is 2.73. The highest BCUT2D eigenvalue weighted by Crippen LogP contribution is 2.21. The van der Waals surface area contributed by atoms with Gasteiger partial charge in [0.15, 0.2) is 0 Å². The number of rotatable bonds is 6. The third kappa shape index (κ3) is 4.69. The van der Waals surface area contributed by atoms with Gasteiger partial charge in [-0.2, -0.15) is 4.31 Å². The van der Waals surface area contributed by atoms with E-state index in [-0.39, 0.29) is 16.8 Å². The summed E-state index contributed by atoms with van der Waals surface area (Å²) in [6.45, 7) is 3.81. The number of likely N-dealkylation sites (tertiary alicyclic amines) is 1. The van der Waals surface area contributed by atoms with Crippen LogP contribution in [0.1, 0.15) is 35.2 Å². The third-order valence-electron chi connectivity index (χ3n) is 5.68. The lowest BCUT2D eigenvalue weighted by Gasteiger charge is -2.17. The number of sulfonamides is 1. The van der Waals surface area contributed by atoms with Crippen LogP contribution in [0.2, 0.25) is 0 Å². The Morgan fingerprint density at radius 3 is 2.34 bits per heavy atom. The number of amides is 1. The molecule has 2 heterocycles. The van der Waals surface area contributed by atoms with Crippen molar-refractivity contribution in [1.29, 1.82) is 0 Å². The second kappa shape index (κ2) is 8.65. The minimum Gasteiger partial charge on any atom is -0.348 e. The van der Waals surface area contributed by atoms with Crippen LogP contribution in [0.25, 0.3) is 0 Å². The second-order valence-corrected chi connectivity index (χ2v) is 9.75. The largest absolute Gasteiger partial charge is 0.348 e. The van der Waals surface area contributed by atoms with E-state index < -0.39 is 10.0 Å². The van der Waals surface area contributed by atoms with Gasteiger partial charge in [-0.1, -0.05) is 30.3 Å². The van der Waals surface area contributed by atoms with Crippen LogP contribution in [-0.2, 0) is 16.6 Å². The Hall–Kier alpha value is -2.22. The highest BCUT2D eigenvalue weighted by molar-refractivity contribution is 7.89. The molecule has 0 unspecified atom stereocenters. The Labute approximate surface area is 172 Å². The summed E-state index contributed by atoms with van der Waals surface area (Å²) in [7, 11) is -3.45. The SMILES string of the molecule is O=C(N[C@@H]1CCN(Cc2ccccc2)C1)c1ccc(S(=O)(=O)N2CCCC2)cc1.